The van der Waals surface area contributed by atoms with Crippen molar-refractivity contribution in [2.75, 3.05) is 30.3 Å². The van der Waals surface area contributed by atoms with Gasteiger partial charge in [-0.05, 0) is 31.6 Å². The van der Waals surface area contributed by atoms with E-state index in [0.717, 1.165) is 31.1 Å². The SMILES string of the molecule is CCCOc1cc(N2CCCC(CC)CC2)c(N)cc1F. The number of nitrogens with zero attached hydrogens (tertiary/aromatic N) is 1. The van der Waals surface area contributed by atoms with Gasteiger partial charge in [0.25, 0.3) is 0 Å². The number of benzene rings is 1. The summed E-state index contributed by atoms with van der Waals surface area (Å²) in [6.45, 7) is 6.76. The standard InChI is InChI=1S/C17H27FN2O/c1-3-10-21-17-12-16(15(19)11-14(17)18)20-8-5-6-13(4-2)7-9-20/h11-13H,3-10,19H2,1-2H3. The van der Waals surface area contributed by atoms with Crippen molar-refractivity contribution < 1.29 is 9.13 Å². The largest absolute Gasteiger partial charge is 0.490 e. The van der Waals surface area contributed by atoms with E-state index >= 15 is 0 Å². The third-order valence-electron chi connectivity index (χ3n) is 4.31. The van der Waals surface area contributed by atoms with Crippen LogP contribution in [0.3, 0.4) is 0 Å². The molecule has 0 aliphatic carbocycles. The predicted molar refractivity (Wildman–Crippen MR) is 86.4 cm³/mol. The number of nitrogens with two attached hydrogens (primary N) is 1. The second-order valence-electron chi connectivity index (χ2n) is 5.88. The van der Waals surface area contributed by atoms with Gasteiger partial charge in [0.1, 0.15) is 0 Å². The highest BCUT2D eigenvalue weighted by Crippen LogP contribution is 2.33. The minimum atomic E-state index is -0.369. The molecule has 1 saturated heterocycles. The van der Waals surface area contributed by atoms with Crippen LogP contribution < -0.4 is 15.4 Å². The summed E-state index contributed by atoms with van der Waals surface area (Å²) in [5, 5.41) is 0. The Morgan fingerprint density at radius 1 is 1.29 bits per heavy atom. The van der Waals surface area contributed by atoms with Crippen molar-refractivity contribution in [3.8, 4) is 5.75 Å². The summed E-state index contributed by atoms with van der Waals surface area (Å²) >= 11 is 0. The number of nitrogen functional groups attached to an aromatic ring is 1. The third-order valence-corrected chi connectivity index (χ3v) is 4.31. The molecular formula is C17H27FN2O. The normalized spacial score (nSPS) is 19.4. The average molecular weight is 294 g/mol. The second-order valence-corrected chi connectivity index (χ2v) is 5.88. The number of ether oxygens (including phenoxy) is 1. The first-order chi connectivity index (χ1) is 10.2. The molecule has 3 nitrogen and oxygen atoms in total. The number of anilines is 2. The Hall–Kier alpha value is -1.45. The van der Waals surface area contributed by atoms with Crippen LogP contribution in [0.25, 0.3) is 0 Å². The van der Waals surface area contributed by atoms with E-state index in [4.69, 9.17) is 10.5 Å². The maximum Gasteiger partial charge on any atom is 0.167 e. The van der Waals surface area contributed by atoms with E-state index in [1.54, 1.807) is 6.07 Å². The summed E-state index contributed by atoms with van der Waals surface area (Å²) in [7, 11) is 0. The van der Waals surface area contributed by atoms with Crippen molar-refractivity contribution >= 4 is 11.4 Å². The topological polar surface area (TPSA) is 38.5 Å². The molecule has 0 aromatic heterocycles. The summed E-state index contributed by atoms with van der Waals surface area (Å²) in [6, 6.07) is 3.16. The van der Waals surface area contributed by atoms with Crippen molar-refractivity contribution in [2.45, 2.75) is 46.0 Å². The quantitative estimate of drug-likeness (QED) is 0.827. The van der Waals surface area contributed by atoms with E-state index in [9.17, 15) is 4.39 Å². The molecule has 1 aliphatic heterocycles. The lowest BCUT2D eigenvalue weighted by Crippen LogP contribution is -2.25. The molecule has 0 saturated carbocycles. The Labute approximate surface area is 127 Å². The lowest BCUT2D eigenvalue weighted by molar-refractivity contribution is 0.301. The highest BCUT2D eigenvalue weighted by molar-refractivity contribution is 5.70. The fourth-order valence-corrected chi connectivity index (χ4v) is 2.97. The van der Waals surface area contributed by atoms with Gasteiger partial charge in [-0.25, -0.2) is 4.39 Å². The van der Waals surface area contributed by atoms with Gasteiger partial charge < -0.3 is 15.4 Å². The fraction of sp³-hybridized carbons (Fsp3) is 0.647. The number of hydrogen-bond acceptors (Lipinski definition) is 3. The Kier molecular flexibility index (Phi) is 5.71. The molecule has 118 valence electrons. The van der Waals surface area contributed by atoms with E-state index in [-0.39, 0.29) is 5.82 Å². The molecule has 4 heteroatoms. The van der Waals surface area contributed by atoms with Gasteiger partial charge in [0.2, 0.25) is 0 Å². The van der Waals surface area contributed by atoms with Crippen molar-refractivity contribution in [1.29, 1.82) is 0 Å². The summed E-state index contributed by atoms with van der Waals surface area (Å²) < 4.78 is 19.4. The van der Waals surface area contributed by atoms with Gasteiger partial charge in [0.15, 0.2) is 11.6 Å². The highest BCUT2D eigenvalue weighted by atomic mass is 19.1. The van der Waals surface area contributed by atoms with Crippen LogP contribution in [-0.4, -0.2) is 19.7 Å². The smallest absolute Gasteiger partial charge is 0.167 e. The first kappa shape index (κ1) is 15.9. The molecule has 0 radical (unpaired) electrons. The molecule has 21 heavy (non-hydrogen) atoms. The molecule has 1 heterocycles. The second kappa shape index (κ2) is 7.53. The van der Waals surface area contributed by atoms with Gasteiger partial charge in [-0.1, -0.05) is 20.3 Å². The summed E-state index contributed by atoms with van der Waals surface area (Å²) in [5.41, 5.74) is 7.45. The molecular weight excluding hydrogens is 267 g/mol. The molecule has 0 spiro atoms. The van der Waals surface area contributed by atoms with Crippen molar-refractivity contribution in [3.63, 3.8) is 0 Å². The minimum absolute atomic E-state index is 0.317. The van der Waals surface area contributed by atoms with Gasteiger partial charge in [0.05, 0.1) is 18.0 Å². The maximum atomic E-state index is 13.9. The van der Waals surface area contributed by atoms with E-state index in [1.165, 1.54) is 31.7 Å². The highest BCUT2D eigenvalue weighted by Gasteiger charge is 2.19. The Bertz CT molecular complexity index is 464. The van der Waals surface area contributed by atoms with Crippen LogP contribution >= 0.6 is 0 Å². The Morgan fingerprint density at radius 3 is 2.81 bits per heavy atom. The van der Waals surface area contributed by atoms with Crippen LogP contribution in [-0.2, 0) is 0 Å². The van der Waals surface area contributed by atoms with Gasteiger partial charge in [-0.3, -0.25) is 0 Å². The van der Waals surface area contributed by atoms with Gasteiger partial charge in [-0.15, -0.1) is 0 Å². The van der Waals surface area contributed by atoms with Gasteiger partial charge in [0, 0.05) is 25.2 Å². The molecule has 1 aromatic rings. The summed E-state index contributed by atoms with van der Waals surface area (Å²) in [4.78, 5) is 2.28. The van der Waals surface area contributed by atoms with Crippen LogP contribution in [0, 0.1) is 11.7 Å². The zero-order chi connectivity index (χ0) is 15.2. The van der Waals surface area contributed by atoms with E-state index in [1.807, 2.05) is 6.92 Å². The Morgan fingerprint density at radius 2 is 2.10 bits per heavy atom. The fourth-order valence-electron chi connectivity index (χ4n) is 2.97. The molecule has 0 amide bonds. The zero-order valence-corrected chi connectivity index (χ0v) is 13.2. The number of hydrogen-bond donors (Lipinski definition) is 1. The first-order valence-corrected chi connectivity index (χ1v) is 8.12. The number of halogens is 1. The van der Waals surface area contributed by atoms with Gasteiger partial charge in [-0.2, -0.15) is 0 Å². The predicted octanol–water partition coefficient (Wildman–Crippen LogP) is 4.21. The first-order valence-electron chi connectivity index (χ1n) is 8.12. The lowest BCUT2D eigenvalue weighted by atomic mass is 9.98. The molecule has 2 rings (SSSR count). The maximum absolute atomic E-state index is 13.9. The van der Waals surface area contributed by atoms with Crippen LogP contribution in [0.4, 0.5) is 15.8 Å². The Balaban J connectivity index is 2.17. The van der Waals surface area contributed by atoms with Crippen LogP contribution in [0.5, 0.6) is 5.75 Å². The summed E-state index contributed by atoms with van der Waals surface area (Å²) in [5.74, 6) is 0.746. The van der Waals surface area contributed by atoms with Crippen molar-refractivity contribution in [2.24, 2.45) is 5.92 Å². The number of rotatable bonds is 5. The van der Waals surface area contributed by atoms with Crippen LogP contribution in [0.15, 0.2) is 12.1 Å². The zero-order valence-electron chi connectivity index (χ0n) is 13.2. The van der Waals surface area contributed by atoms with Gasteiger partial charge >= 0.3 is 0 Å². The third kappa shape index (κ3) is 4.02. The molecule has 1 fully saturated rings. The molecule has 1 atom stereocenters. The van der Waals surface area contributed by atoms with Crippen molar-refractivity contribution in [1.82, 2.24) is 0 Å². The molecule has 1 unspecified atom stereocenters. The lowest BCUT2D eigenvalue weighted by Gasteiger charge is -2.25. The molecule has 2 N–H and O–H groups in total. The monoisotopic (exact) mass is 294 g/mol. The van der Waals surface area contributed by atoms with E-state index < -0.39 is 0 Å². The van der Waals surface area contributed by atoms with Crippen LogP contribution in [0.2, 0.25) is 0 Å². The molecule has 1 aromatic carbocycles. The molecule has 0 bridgehead atoms. The van der Waals surface area contributed by atoms with E-state index in [2.05, 4.69) is 11.8 Å². The van der Waals surface area contributed by atoms with Crippen molar-refractivity contribution in [3.05, 3.63) is 17.9 Å². The molecule has 1 aliphatic rings. The average Bonchev–Trinajstić information content (AvgIpc) is 2.72. The minimum Gasteiger partial charge on any atom is -0.490 e. The van der Waals surface area contributed by atoms with Crippen LogP contribution in [0.1, 0.15) is 46.0 Å². The van der Waals surface area contributed by atoms with E-state index in [0.29, 0.717) is 18.0 Å². The summed E-state index contributed by atoms with van der Waals surface area (Å²) in [6.07, 6.45) is 5.71.